The second-order valence-corrected chi connectivity index (χ2v) is 8.28. The zero-order valence-corrected chi connectivity index (χ0v) is 16.0. The summed E-state index contributed by atoms with van der Waals surface area (Å²) in [5.74, 6) is 1.35. The van der Waals surface area contributed by atoms with Gasteiger partial charge >= 0.3 is 0 Å². The van der Waals surface area contributed by atoms with Crippen molar-refractivity contribution in [3.05, 3.63) is 29.8 Å². The molecule has 2 aliphatic heterocycles. The summed E-state index contributed by atoms with van der Waals surface area (Å²) in [5, 5.41) is 6.74. The average Bonchev–Trinajstić information content (AvgIpc) is 2.98. The molecule has 0 bridgehead atoms. The predicted molar refractivity (Wildman–Crippen MR) is 103 cm³/mol. The van der Waals surface area contributed by atoms with Gasteiger partial charge in [-0.25, -0.2) is 0 Å². The van der Waals surface area contributed by atoms with Crippen LogP contribution in [0.3, 0.4) is 0 Å². The summed E-state index contributed by atoms with van der Waals surface area (Å²) in [6.45, 7) is 7.54. The zero-order chi connectivity index (χ0) is 17.6. The molecule has 3 rings (SSSR count). The first kappa shape index (κ1) is 18.5. The number of hydrogen-bond acceptors (Lipinski definition) is 5. The zero-order valence-electron chi connectivity index (χ0n) is 15.2. The minimum Gasteiger partial charge on any atom is -0.496 e. The molecule has 25 heavy (non-hydrogen) atoms. The fraction of sp³-hybridized carbons (Fsp3) is 0.632. The Bertz CT molecular complexity index is 578. The summed E-state index contributed by atoms with van der Waals surface area (Å²) >= 11 is 1.74. The van der Waals surface area contributed by atoms with Gasteiger partial charge in [-0.05, 0) is 32.4 Å². The second-order valence-electron chi connectivity index (χ2n) is 6.79. The van der Waals surface area contributed by atoms with E-state index in [-0.39, 0.29) is 22.4 Å². The molecule has 2 aliphatic rings. The molecule has 2 heterocycles. The summed E-state index contributed by atoms with van der Waals surface area (Å²) in [6, 6.07) is 8.22. The number of methoxy groups -OCH3 is 1. The molecule has 0 spiro atoms. The summed E-state index contributed by atoms with van der Waals surface area (Å²) in [7, 11) is 1.72. The number of benzene rings is 1. The van der Waals surface area contributed by atoms with Crippen molar-refractivity contribution in [3.63, 3.8) is 0 Å². The van der Waals surface area contributed by atoms with Crippen LogP contribution in [0.1, 0.15) is 31.2 Å². The molecule has 2 saturated heterocycles. The first-order valence-corrected chi connectivity index (χ1v) is 10.1. The summed E-state index contributed by atoms with van der Waals surface area (Å²) in [5.41, 5.74) is 1.21. The van der Waals surface area contributed by atoms with Gasteiger partial charge in [0.2, 0.25) is 5.91 Å². The maximum Gasteiger partial charge on any atom is 0.233 e. The Morgan fingerprint density at radius 3 is 2.76 bits per heavy atom. The highest BCUT2D eigenvalue weighted by atomic mass is 32.2. The number of amides is 1. The number of piperazine rings is 1. The van der Waals surface area contributed by atoms with Gasteiger partial charge in [-0.2, -0.15) is 0 Å². The van der Waals surface area contributed by atoms with Crippen LogP contribution in [-0.2, 0) is 4.79 Å². The van der Waals surface area contributed by atoms with E-state index in [9.17, 15) is 4.79 Å². The van der Waals surface area contributed by atoms with Crippen molar-refractivity contribution in [1.82, 2.24) is 15.5 Å². The van der Waals surface area contributed by atoms with Crippen LogP contribution in [0, 0.1) is 0 Å². The van der Waals surface area contributed by atoms with E-state index in [0.717, 1.165) is 51.3 Å². The van der Waals surface area contributed by atoms with Gasteiger partial charge in [-0.1, -0.05) is 18.2 Å². The van der Waals surface area contributed by atoms with Crippen LogP contribution in [0.5, 0.6) is 5.75 Å². The second kappa shape index (κ2) is 8.92. The molecule has 6 heteroatoms. The number of nitrogens with zero attached hydrogens (tertiary/aromatic N) is 1. The average molecular weight is 364 g/mol. The Hall–Kier alpha value is -1.24. The van der Waals surface area contributed by atoms with E-state index >= 15 is 0 Å². The van der Waals surface area contributed by atoms with E-state index in [1.54, 1.807) is 18.9 Å². The monoisotopic (exact) mass is 363 g/mol. The van der Waals surface area contributed by atoms with E-state index in [4.69, 9.17) is 4.74 Å². The SMILES string of the molecule is COc1ccccc1C(CCCN1CCNCC1)C1NC(=O)C(C)S1. The molecular weight excluding hydrogens is 334 g/mol. The smallest absolute Gasteiger partial charge is 0.233 e. The third-order valence-corrected chi connectivity index (χ3v) is 6.47. The predicted octanol–water partition coefficient (Wildman–Crippen LogP) is 2.04. The molecule has 0 aliphatic carbocycles. The molecule has 1 amide bonds. The molecule has 2 N–H and O–H groups in total. The van der Waals surface area contributed by atoms with Crippen molar-refractivity contribution < 1.29 is 9.53 Å². The topological polar surface area (TPSA) is 53.6 Å². The van der Waals surface area contributed by atoms with Gasteiger partial charge in [0, 0.05) is 37.7 Å². The molecule has 0 aromatic heterocycles. The molecule has 1 aromatic rings. The van der Waals surface area contributed by atoms with Gasteiger partial charge < -0.3 is 20.3 Å². The van der Waals surface area contributed by atoms with Gasteiger partial charge in [0.15, 0.2) is 0 Å². The summed E-state index contributed by atoms with van der Waals surface area (Å²) < 4.78 is 5.60. The van der Waals surface area contributed by atoms with E-state index in [2.05, 4.69) is 27.7 Å². The molecule has 1 aromatic carbocycles. The van der Waals surface area contributed by atoms with Crippen molar-refractivity contribution in [1.29, 1.82) is 0 Å². The lowest BCUT2D eigenvalue weighted by molar-refractivity contribution is -0.119. The first-order valence-electron chi connectivity index (χ1n) is 9.21. The number of thioether (sulfide) groups is 1. The molecule has 138 valence electrons. The minimum absolute atomic E-state index is 0.0235. The first-order chi connectivity index (χ1) is 12.2. The number of rotatable bonds is 7. The van der Waals surface area contributed by atoms with Crippen molar-refractivity contribution >= 4 is 17.7 Å². The van der Waals surface area contributed by atoms with Crippen LogP contribution in [0.2, 0.25) is 0 Å². The summed E-state index contributed by atoms with van der Waals surface area (Å²) in [6.07, 6.45) is 2.18. The summed E-state index contributed by atoms with van der Waals surface area (Å²) in [4.78, 5) is 14.5. The molecule has 5 nitrogen and oxygen atoms in total. The van der Waals surface area contributed by atoms with Gasteiger partial charge in [-0.15, -0.1) is 11.8 Å². The van der Waals surface area contributed by atoms with Gasteiger partial charge in [0.05, 0.1) is 17.7 Å². The number of para-hydroxylation sites is 1. The molecule has 3 atom stereocenters. The van der Waals surface area contributed by atoms with Crippen molar-refractivity contribution in [2.75, 3.05) is 39.8 Å². The van der Waals surface area contributed by atoms with E-state index < -0.39 is 0 Å². The molecule has 0 saturated carbocycles. The number of carbonyl (C=O) groups excluding carboxylic acids is 1. The molecule has 0 radical (unpaired) electrons. The Kier molecular flexibility index (Phi) is 6.62. The maximum absolute atomic E-state index is 12.0. The van der Waals surface area contributed by atoms with Gasteiger partial charge in [-0.3, -0.25) is 4.79 Å². The van der Waals surface area contributed by atoms with Crippen molar-refractivity contribution in [3.8, 4) is 5.75 Å². The van der Waals surface area contributed by atoms with Crippen LogP contribution < -0.4 is 15.4 Å². The maximum atomic E-state index is 12.0. The van der Waals surface area contributed by atoms with Crippen LogP contribution in [0.4, 0.5) is 0 Å². The van der Waals surface area contributed by atoms with Crippen molar-refractivity contribution in [2.24, 2.45) is 0 Å². The molecule has 2 fully saturated rings. The van der Waals surface area contributed by atoms with Crippen LogP contribution in [0.15, 0.2) is 24.3 Å². The Morgan fingerprint density at radius 1 is 1.32 bits per heavy atom. The number of nitrogens with one attached hydrogen (secondary N) is 2. The Morgan fingerprint density at radius 2 is 2.08 bits per heavy atom. The lowest BCUT2D eigenvalue weighted by Crippen LogP contribution is -2.43. The van der Waals surface area contributed by atoms with E-state index in [0.29, 0.717) is 0 Å². The number of carbonyl (C=O) groups is 1. The highest BCUT2D eigenvalue weighted by molar-refractivity contribution is 8.01. The quantitative estimate of drug-likeness (QED) is 0.776. The third kappa shape index (κ3) is 4.68. The van der Waals surface area contributed by atoms with Crippen LogP contribution >= 0.6 is 11.8 Å². The van der Waals surface area contributed by atoms with Gasteiger partial charge in [0.25, 0.3) is 0 Å². The van der Waals surface area contributed by atoms with Crippen LogP contribution in [0.25, 0.3) is 0 Å². The minimum atomic E-state index is 0.0235. The fourth-order valence-electron chi connectivity index (χ4n) is 3.68. The largest absolute Gasteiger partial charge is 0.496 e. The standard InChI is InChI=1S/C19H29N3O2S/c1-14-18(23)21-19(25-14)16(15-6-3-4-8-17(15)24-2)7-5-11-22-12-9-20-10-13-22/h3-4,6,8,14,16,19-20H,5,7,9-13H2,1-2H3,(H,21,23). The van der Waals surface area contributed by atoms with E-state index in [1.165, 1.54) is 5.56 Å². The highest BCUT2D eigenvalue weighted by Gasteiger charge is 2.36. The number of ether oxygens (including phenoxy) is 1. The lowest BCUT2D eigenvalue weighted by atomic mass is 9.92. The Balaban J connectivity index is 1.69. The van der Waals surface area contributed by atoms with Gasteiger partial charge in [0.1, 0.15) is 5.75 Å². The van der Waals surface area contributed by atoms with E-state index in [1.807, 2.05) is 19.1 Å². The fourth-order valence-corrected chi connectivity index (χ4v) is 4.97. The Labute approximate surface area is 154 Å². The van der Waals surface area contributed by atoms with Crippen LogP contribution in [-0.4, -0.2) is 61.3 Å². The molecule has 3 unspecified atom stereocenters. The highest BCUT2D eigenvalue weighted by Crippen LogP contribution is 2.40. The molecular formula is C19H29N3O2S. The third-order valence-electron chi connectivity index (χ3n) is 5.11. The number of hydrogen-bond donors (Lipinski definition) is 2. The normalized spacial score (nSPS) is 25.6. The van der Waals surface area contributed by atoms with Crippen molar-refractivity contribution in [2.45, 2.75) is 36.3 Å². The lowest BCUT2D eigenvalue weighted by Gasteiger charge is -2.29.